The van der Waals surface area contributed by atoms with Gasteiger partial charge >= 0.3 is 0 Å². The van der Waals surface area contributed by atoms with Gasteiger partial charge in [0.15, 0.2) is 12.6 Å². The summed E-state index contributed by atoms with van der Waals surface area (Å²) in [6.07, 6.45) is 53.8. The van der Waals surface area contributed by atoms with E-state index >= 15 is 0 Å². The first-order valence-corrected chi connectivity index (χ1v) is 33.2. The molecule has 2 fully saturated rings. The van der Waals surface area contributed by atoms with E-state index in [9.17, 15) is 45.6 Å². The molecule has 1 amide bonds. The van der Waals surface area contributed by atoms with Crippen LogP contribution in [0.4, 0.5) is 0 Å². The second-order valence-corrected chi connectivity index (χ2v) is 23.2. The van der Waals surface area contributed by atoms with Gasteiger partial charge in [0.25, 0.3) is 0 Å². The predicted molar refractivity (Wildman–Crippen MR) is 332 cm³/mol. The van der Waals surface area contributed by atoms with Crippen LogP contribution in [0, 0.1) is 0 Å². The maximum atomic E-state index is 13.3. The Kier molecular flexibility index (Phi) is 48.6. The van der Waals surface area contributed by atoms with Crippen molar-refractivity contribution in [2.45, 2.75) is 331 Å². The summed E-state index contributed by atoms with van der Waals surface area (Å²) in [6, 6.07) is -0.950. The highest BCUT2D eigenvalue weighted by Gasteiger charge is 2.51. The van der Waals surface area contributed by atoms with E-state index in [2.05, 4.69) is 79.9 Å². The predicted octanol–water partition coefficient (Wildman–Crippen LogP) is 12.7. The summed E-state index contributed by atoms with van der Waals surface area (Å²) in [7, 11) is 0. The third kappa shape index (κ3) is 37.1. The minimum Gasteiger partial charge on any atom is -0.394 e. The third-order valence-corrected chi connectivity index (χ3v) is 15.8. The van der Waals surface area contributed by atoms with E-state index in [0.717, 1.165) is 77.0 Å². The standard InChI is InChI=1S/C68H121NO13/c1-3-5-7-9-11-13-15-17-19-21-23-25-26-27-28-29-30-32-33-35-37-39-41-43-45-47-49-51-57(72)56(55-79-67-65(78)63(76)66(59(54-71)81-67)82-68-64(77)62(75)61(74)58(53-70)80-68)69-60(73)52-50-48-46-44-42-40-38-36-34-31-24-22-20-18-16-14-12-10-8-6-4-2/h16,18,22,24,33-36,41,43,49,51,56-59,61-68,70-72,74-78H,3-15,17,19-21,23,25-32,37-40,42,44-48,50,52-55H2,1-2H3,(H,69,73)/b18-16-,24-22-,35-33+,36-34-,43-41+,51-49+. The average molecular weight is 1160 g/mol. The van der Waals surface area contributed by atoms with Crippen molar-refractivity contribution < 1.29 is 64.6 Å². The van der Waals surface area contributed by atoms with Crippen LogP contribution in [-0.4, -0.2) is 140 Å². The molecule has 476 valence electrons. The molecular weight excluding hydrogens is 1040 g/mol. The van der Waals surface area contributed by atoms with Gasteiger partial charge in [-0.1, -0.05) is 241 Å². The zero-order valence-corrected chi connectivity index (χ0v) is 51.5. The van der Waals surface area contributed by atoms with Crippen molar-refractivity contribution in [3.63, 3.8) is 0 Å². The number of carbonyl (C=O) groups excluding carboxylic acids is 1. The maximum Gasteiger partial charge on any atom is 0.220 e. The summed E-state index contributed by atoms with van der Waals surface area (Å²) >= 11 is 0. The molecule has 2 heterocycles. The van der Waals surface area contributed by atoms with E-state index in [-0.39, 0.29) is 18.9 Å². The van der Waals surface area contributed by atoms with Crippen molar-refractivity contribution in [3.8, 4) is 0 Å². The highest BCUT2D eigenvalue weighted by Crippen LogP contribution is 2.30. The van der Waals surface area contributed by atoms with Crippen LogP contribution in [0.1, 0.15) is 258 Å². The minimum absolute atomic E-state index is 0.252. The zero-order chi connectivity index (χ0) is 59.5. The molecule has 0 aromatic heterocycles. The van der Waals surface area contributed by atoms with Gasteiger partial charge < -0.3 is 65.1 Å². The Morgan fingerprint density at radius 2 is 0.817 bits per heavy atom. The number of allylic oxidation sites excluding steroid dienone is 11. The molecule has 0 aliphatic carbocycles. The SMILES string of the molecule is CCCCCCC/C=C\C/C=C\C/C=C\CCCCCCCCC(=O)NC(COC1OC(CO)C(OC2OC(CO)C(O)C(O)C2O)C(O)C1O)C(O)/C=C/CC/C=C/CC/C=C/CCCCCCCCCCCCCCCCCCC. The van der Waals surface area contributed by atoms with E-state index in [4.69, 9.17) is 18.9 Å². The lowest BCUT2D eigenvalue weighted by Crippen LogP contribution is -2.65. The fraction of sp³-hybridized carbons (Fsp3) is 0.809. The van der Waals surface area contributed by atoms with Gasteiger partial charge in [-0.15, -0.1) is 0 Å². The number of carbonyl (C=O) groups is 1. The number of unbranched alkanes of at least 4 members (excludes halogenated alkanes) is 30. The minimum atomic E-state index is -1.80. The number of aliphatic hydroxyl groups is 8. The molecule has 2 aliphatic heterocycles. The fourth-order valence-electron chi connectivity index (χ4n) is 10.5. The number of nitrogens with one attached hydrogen (secondary N) is 1. The van der Waals surface area contributed by atoms with Gasteiger partial charge in [-0.25, -0.2) is 0 Å². The van der Waals surface area contributed by atoms with Crippen molar-refractivity contribution in [3.05, 3.63) is 72.9 Å². The van der Waals surface area contributed by atoms with Crippen LogP contribution >= 0.6 is 0 Å². The normalized spacial score (nSPS) is 24.4. The summed E-state index contributed by atoms with van der Waals surface area (Å²) < 4.78 is 22.8. The van der Waals surface area contributed by atoms with Gasteiger partial charge in [0.2, 0.25) is 5.91 Å². The van der Waals surface area contributed by atoms with Crippen molar-refractivity contribution in [1.29, 1.82) is 0 Å². The Balaban J connectivity index is 1.75. The molecular formula is C68H121NO13. The first kappa shape index (κ1) is 75.5. The van der Waals surface area contributed by atoms with Crippen LogP contribution < -0.4 is 5.32 Å². The monoisotopic (exact) mass is 1160 g/mol. The van der Waals surface area contributed by atoms with Crippen LogP contribution in [0.5, 0.6) is 0 Å². The third-order valence-electron chi connectivity index (χ3n) is 15.8. The molecule has 0 saturated carbocycles. The van der Waals surface area contributed by atoms with E-state index in [1.165, 1.54) is 148 Å². The van der Waals surface area contributed by atoms with Crippen LogP contribution in [0.2, 0.25) is 0 Å². The molecule has 0 radical (unpaired) electrons. The van der Waals surface area contributed by atoms with Crippen molar-refractivity contribution in [1.82, 2.24) is 5.32 Å². The molecule has 2 saturated heterocycles. The summed E-state index contributed by atoms with van der Waals surface area (Å²) in [5.41, 5.74) is 0. The van der Waals surface area contributed by atoms with Gasteiger partial charge in [-0.2, -0.15) is 0 Å². The number of hydrogen-bond acceptors (Lipinski definition) is 13. The van der Waals surface area contributed by atoms with Gasteiger partial charge in [0.1, 0.15) is 48.8 Å². The molecule has 82 heavy (non-hydrogen) atoms. The Morgan fingerprint density at radius 1 is 0.439 bits per heavy atom. The van der Waals surface area contributed by atoms with E-state index in [1.54, 1.807) is 6.08 Å². The molecule has 2 rings (SSSR count). The molecule has 0 bridgehead atoms. The number of rotatable bonds is 53. The van der Waals surface area contributed by atoms with Gasteiger partial charge in [0, 0.05) is 6.42 Å². The summed E-state index contributed by atoms with van der Waals surface area (Å²) in [5, 5.41) is 87.3. The lowest BCUT2D eigenvalue weighted by atomic mass is 9.97. The van der Waals surface area contributed by atoms with Crippen LogP contribution in [-0.2, 0) is 23.7 Å². The highest BCUT2D eigenvalue weighted by molar-refractivity contribution is 5.76. The Labute approximate surface area is 498 Å². The average Bonchev–Trinajstić information content (AvgIpc) is 3.66. The topological polar surface area (TPSA) is 228 Å². The molecule has 14 nitrogen and oxygen atoms in total. The second kappa shape index (κ2) is 52.7. The van der Waals surface area contributed by atoms with Gasteiger partial charge in [0.05, 0.1) is 32.0 Å². The van der Waals surface area contributed by atoms with E-state index in [0.29, 0.717) is 12.8 Å². The Hall–Kier alpha value is -2.57. The molecule has 12 unspecified atom stereocenters. The van der Waals surface area contributed by atoms with Crippen LogP contribution in [0.3, 0.4) is 0 Å². The molecule has 0 aromatic carbocycles. The van der Waals surface area contributed by atoms with E-state index in [1.807, 2.05) is 6.08 Å². The van der Waals surface area contributed by atoms with Crippen molar-refractivity contribution in [2.75, 3.05) is 19.8 Å². The van der Waals surface area contributed by atoms with Gasteiger partial charge in [-0.05, 0) is 83.5 Å². The number of ether oxygens (including phenoxy) is 4. The largest absolute Gasteiger partial charge is 0.394 e. The summed E-state index contributed by atoms with van der Waals surface area (Å²) in [4.78, 5) is 13.3. The van der Waals surface area contributed by atoms with E-state index < -0.39 is 86.8 Å². The number of aliphatic hydroxyl groups excluding tert-OH is 8. The Bertz CT molecular complexity index is 1650. The lowest BCUT2D eigenvalue weighted by Gasteiger charge is -2.46. The second-order valence-electron chi connectivity index (χ2n) is 23.2. The molecule has 0 spiro atoms. The first-order chi connectivity index (χ1) is 40.1. The molecule has 12 atom stereocenters. The summed E-state index contributed by atoms with van der Waals surface area (Å²) in [5.74, 6) is -0.266. The molecule has 14 heteroatoms. The van der Waals surface area contributed by atoms with Crippen molar-refractivity contribution in [2.24, 2.45) is 0 Å². The molecule has 9 N–H and O–H groups in total. The molecule has 2 aliphatic rings. The maximum absolute atomic E-state index is 13.3. The smallest absolute Gasteiger partial charge is 0.220 e. The fourth-order valence-corrected chi connectivity index (χ4v) is 10.5. The number of amides is 1. The quantitative estimate of drug-likeness (QED) is 0.0204. The summed E-state index contributed by atoms with van der Waals surface area (Å²) in [6.45, 7) is 2.77. The van der Waals surface area contributed by atoms with Crippen molar-refractivity contribution >= 4 is 5.91 Å². The number of hydrogen-bond donors (Lipinski definition) is 9. The van der Waals surface area contributed by atoms with Crippen LogP contribution in [0.15, 0.2) is 72.9 Å². The zero-order valence-electron chi connectivity index (χ0n) is 51.5. The Morgan fingerprint density at radius 3 is 1.28 bits per heavy atom. The highest BCUT2D eigenvalue weighted by atomic mass is 16.7. The first-order valence-electron chi connectivity index (χ1n) is 33.2. The van der Waals surface area contributed by atoms with Crippen LogP contribution in [0.25, 0.3) is 0 Å². The van der Waals surface area contributed by atoms with Gasteiger partial charge in [-0.3, -0.25) is 4.79 Å². The lowest BCUT2D eigenvalue weighted by molar-refractivity contribution is -0.359. The molecule has 0 aromatic rings.